The molecule has 1 heterocycles. The quantitative estimate of drug-likeness (QED) is 0.750. The van der Waals surface area contributed by atoms with Crippen LogP contribution in [0.2, 0.25) is 0 Å². The molecule has 0 spiro atoms. The topological polar surface area (TPSA) is 39.2 Å². The molecule has 0 aromatic carbocycles. The van der Waals surface area contributed by atoms with Crippen LogP contribution in [0.3, 0.4) is 0 Å². The van der Waals surface area contributed by atoms with Crippen LogP contribution >= 0.6 is 0 Å². The zero-order valence-corrected chi connectivity index (χ0v) is 8.12. The fourth-order valence-corrected chi connectivity index (χ4v) is 1.25. The van der Waals surface area contributed by atoms with Crippen LogP contribution < -0.4 is 4.74 Å². The normalized spacial score (nSPS) is 15.9. The Balaban J connectivity index is 2.44. The molecular formula is C10H8F3NO2. The molecule has 1 fully saturated rings. The SMILES string of the molecule is O=Cc1nccc(C(F)(F)F)c1OC1CC1. The summed E-state index contributed by atoms with van der Waals surface area (Å²) in [5.74, 6) is -0.451. The highest BCUT2D eigenvalue weighted by Gasteiger charge is 2.37. The predicted octanol–water partition coefficient (Wildman–Crippen LogP) is 2.45. The third-order valence-corrected chi connectivity index (χ3v) is 2.16. The molecule has 0 aliphatic heterocycles. The van der Waals surface area contributed by atoms with Crippen molar-refractivity contribution < 1.29 is 22.7 Å². The number of carbonyl (C=O) groups is 1. The van der Waals surface area contributed by atoms with E-state index in [0.717, 1.165) is 12.3 Å². The van der Waals surface area contributed by atoms with Crippen molar-refractivity contribution in [2.45, 2.75) is 25.1 Å². The maximum atomic E-state index is 12.6. The Bertz CT molecular complexity index is 413. The maximum Gasteiger partial charge on any atom is 0.420 e. The lowest BCUT2D eigenvalue weighted by molar-refractivity contribution is -0.139. The molecule has 0 bridgehead atoms. The number of halogens is 3. The predicted molar refractivity (Wildman–Crippen MR) is 48.3 cm³/mol. The van der Waals surface area contributed by atoms with Gasteiger partial charge in [-0.15, -0.1) is 0 Å². The number of aldehydes is 1. The standard InChI is InChI=1S/C10H8F3NO2/c11-10(12,13)7-3-4-14-8(5-15)9(7)16-6-1-2-6/h3-6H,1-2H2. The first-order chi connectivity index (χ1) is 7.52. The Labute approximate surface area is 89.2 Å². The fraction of sp³-hybridized carbons (Fsp3) is 0.400. The molecule has 86 valence electrons. The van der Waals surface area contributed by atoms with Gasteiger partial charge in [-0.2, -0.15) is 13.2 Å². The minimum Gasteiger partial charge on any atom is -0.487 e. The smallest absolute Gasteiger partial charge is 0.420 e. The van der Waals surface area contributed by atoms with Crippen LogP contribution in [0.25, 0.3) is 0 Å². The molecule has 0 N–H and O–H groups in total. The van der Waals surface area contributed by atoms with Gasteiger partial charge in [0.15, 0.2) is 12.0 Å². The van der Waals surface area contributed by atoms with Crippen LogP contribution in [-0.2, 0) is 6.18 Å². The Morgan fingerprint density at radius 2 is 2.12 bits per heavy atom. The summed E-state index contributed by atoms with van der Waals surface area (Å²) in [5, 5.41) is 0. The molecule has 0 radical (unpaired) electrons. The number of hydrogen-bond donors (Lipinski definition) is 0. The van der Waals surface area contributed by atoms with Crippen molar-refractivity contribution in [3.05, 3.63) is 23.5 Å². The van der Waals surface area contributed by atoms with Crippen molar-refractivity contribution in [2.24, 2.45) is 0 Å². The van der Waals surface area contributed by atoms with Crippen molar-refractivity contribution in [2.75, 3.05) is 0 Å². The van der Waals surface area contributed by atoms with E-state index in [9.17, 15) is 18.0 Å². The van der Waals surface area contributed by atoms with Gasteiger partial charge in [-0.05, 0) is 18.9 Å². The minimum absolute atomic E-state index is 0.219. The van der Waals surface area contributed by atoms with Crippen molar-refractivity contribution in [1.82, 2.24) is 4.98 Å². The maximum absolute atomic E-state index is 12.6. The average molecular weight is 231 g/mol. The van der Waals surface area contributed by atoms with E-state index in [1.54, 1.807) is 0 Å². The number of hydrogen-bond acceptors (Lipinski definition) is 3. The molecule has 0 saturated heterocycles. The number of nitrogens with zero attached hydrogens (tertiary/aromatic N) is 1. The molecule has 6 heteroatoms. The van der Waals surface area contributed by atoms with E-state index in [1.165, 1.54) is 0 Å². The first kappa shape index (κ1) is 10.9. The van der Waals surface area contributed by atoms with Crippen LogP contribution in [0.15, 0.2) is 12.3 Å². The third-order valence-electron chi connectivity index (χ3n) is 2.16. The number of pyridine rings is 1. The van der Waals surface area contributed by atoms with Gasteiger partial charge in [-0.3, -0.25) is 4.79 Å². The average Bonchev–Trinajstić information content (AvgIpc) is 3.00. The molecule has 1 aliphatic rings. The molecular weight excluding hydrogens is 223 g/mol. The van der Waals surface area contributed by atoms with Crippen LogP contribution in [0, 0.1) is 0 Å². The molecule has 1 aromatic heterocycles. The first-order valence-electron chi connectivity index (χ1n) is 4.70. The Hall–Kier alpha value is -1.59. The first-order valence-corrected chi connectivity index (χ1v) is 4.70. The number of alkyl halides is 3. The van der Waals surface area contributed by atoms with Gasteiger partial charge in [0.25, 0.3) is 0 Å². The monoisotopic (exact) mass is 231 g/mol. The Morgan fingerprint density at radius 3 is 2.62 bits per heavy atom. The van der Waals surface area contributed by atoms with Crippen LogP contribution in [0.5, 0.6) is 5.75 Å². The van der Waals surface area contributed by atoms with E-state index in [1.807, 2.05) is 0 Å². The van der Waals surface area contributed by atoms with Gasteiger partial charge in [0.2, 0.25) is 0 Å². The van der Waals surface area contributed by atoms with Gasteiger partial charge in [-0.1, -0.05) is 0 Å². The lowest BCUT2D eigenvalue weighted by Gasteiger charge is -2.14. The van der Waals surface area contributed by atoms with Crippen LogP contribution in [0.1, 0.15) is 28.9 Å². The lowest BCUT2D eigenvalue weighted by atomic mass is 10.2. The highest BCUT2D eigenvalue weighted by atomic mass is 19.4. The Morgan fingerprint density at radius 1 is 1.44 bits per heavy atom. The molecule has 3 nitrogen and oxygen atoms in total. The summed E-state index contributed by atoms with van der Waals surface area (Å²) < 4.78 is 42.9. The highest BCUT2D eigenvalue weighted by molar-refractivity contribution is 5.77. The summed E-state index contributed by atoms with van der Waals surface area (Å²) >= 11 is 0. The molecule has 0 unspecified atom stereocenters. The fourth-order valence-electron chi connectivity index (χ4n) is 1.25. The summed E-state index contributed by atoms with van der Waals surface area (Å²) in [6, 6.07) is 0.810. The molecule has 16 heavy (non-hydrogen) atoms. The summed E-state index contributed by atoms with van der Waals surface area (Å²) in [6.45, 7) is 0. The van der Waals surface area contributed by atoms with Crippen molar-refractivity contribution in [1.29, 1.82) is 0 Å². The lowest BCUT2D eigenvalue weighted by Crippen LogP contribution is -2.12. The molecule has 0 amide bonds. The summed E-state index contributed by atoms with van der Waals surface area (Å²) in [6.07, 6.45) is -2.11. The molecule has 1 saturated carbocycles. The van der Waals surface area contributed by atoms with Gasteiger partial charge in [-0.25, -0.2) is 4.98 Å². The second-order valence-electron chi connectivity index (χ2n) is 3.51. The number of carbonyl (C=O) groups excluding carboxylic acids is 1. The second kappa shape index (κ2) is 3.77. The number of rotatable bonds is 3. The third kappa shape index (κ3) is 2.15. The van der Waals surface area contributed by atoms with Crippen molar-refractivity contribution in [3.8, 4) is 5.75 Å². The van der Waals surface area contributed by atoms with E-state index in [-0.39, 0.29) is 18.1 Å². The van der Waals surface area contributed by atoms with Crippen molar-refractivity contribution in [3.63, 3.8) is 0 Å². The van der Waals surface area contributed by atoms with Gasteiger partial charge in [0, 0.05) is 6.20 Å². The largest absolute Gasteiger partial charge is 0.487 e. The van der Waals surface area contributed by atoms with E-state index in [4.69, 9.17) is 4.74 Å². The van der Waals surface area contributed by atoms with E-state index in [0.29, 0.717) is 12.8 Å². The second-order valence-corrected chi connectivity index (χ2v) is 3.51. The van der Waals surface area contributed by atoms with Gasteiger partial charge in [0.1, 0.15) is 11.3 Å². The molecule has 0 atom stereocenters. The zero-order valence-electron chi connectivity index (χ0n) is 8.12. The van der Waals surface area contributed by atoms with Gasteiger partial charge in [0.05, 0.1) is 6.10 Å². The number of aromatic nitrogens is 1. The van der Waals surface area contributed by atoms with Crippen molar-refractivity contribution >= 4 is 6.29 Å². The Kier molecular flexibility index (Phi) is 2.57. The molecule has 2 rings (SSSR count). The summed E-state index contributed by atoms with van der Waals surface area (Å²) in [7, 11) is 0. The summed E-state index contributed by atoms with van der Waals surface area (Å²) in [4.78, 5) is 14.2. The minimum atomic E-state index is -4.54. The van der Waals surface area contributed by atoms with Gasteiger partial charge < -0.3 is 4.74 Å². The molecule has 1 aliphatic carbocycles. The summed E-state index contributed by atoms with van der Waals surface area (Å²) in [5.41, 5.74) is -1.25. The molecule has 1 aromatic rings. The van der Waals surface area contributed by atoms with Crippen LogP contribution in [0.4, 0.5) is 13.2 Å². The highest BCUT2D eigenvalue weighted by Crippen LogP contribution is 2.39. The van der Waals surface area contributed by atoms with E-state index in [2.05, 4.69) is 4.98 Å². The van der Waals surface area contributed by atoms with Crippen LogP contribution in [-0.4, -0.2) is 17.4 Å². The zero-order chi connectivity index (χ0) is 11.8. The van der Waals surface area contributed by atoms with E-state index < -0.39 is 17.5 Å². The van der Waals surface area contributed by atoms with Gasteiger partial charge >= 0.3 is 6.18 Å². The van der Waals surface area contributed by atoms with E-state index >= 15 is 0 Å². The number of ether oxygens (including phenoxy) is 1.